The van der Waals surface area contributed by atoms with Gasteiger partial charge in [-0.15, -0.1) is 0 Å². The fourth-order valence-corrected chi connectivity index (χ4v) is 2.16. The Morgan fingerprint density at radius 1 is 1.16 bits per heavy atom. The number of benzene rings is 1. The summed E-state index contributed by atoms with van der Waals surface area (Å²) in [5, 5.41) is 3.59. The van der Waals surface area contributed by atoms with E-state index in [-0.39, 0.29) is 5.54 Å². The molecule has 0 saturated heterocycles. The third-order valence-corrected chi connectivity index (χ3v) is 3.79. The molecule has 1 aromatic rings. The van der Waals surface area contributed by atoms with E-state index in [1.165, 1.54) is 5.56 Å². The van der Waals surface area contributed by atoms with Gasteiger partial charge in [0.2, 0.25) is 0 Å². The minimum Gasteiger partial charge on any atom is -0.494 e. The van der Waals surface area contributed by atoms with Crippen LogP contribution in [0.15, 0.2) is 24.3 Å². The molecule has 0 amide bonds. The zero-order valence-corrected chi connectivity index (χ0v) is 13.2. The maximum Gasteiger partial charge on any atom is 0.119 e. The molecule has 0 heterocycles. The molecule has 3 nitrogen and oxygen atoms in total. The molecule has 0 fully saturated rings. The van der Waals surface area contributed by atoms with E-state index in [0.717, 1.165) is 12.3 Å². The second kappa shape index (κ2) is 6.92. The molecule has 0 aliphatic heterocycles. The highest BCUT2D eigenvalue weighted by molar-refractivity contribution is 5.31. The van der Waals surface area contributed by atoms with Crippen molar-refractivity contribution in [3.8, 4) is 5.75 Å². The lowest BCUT2D eigenvalue weighted by molar-refractivity contribution is 0.139. The van der Waals surface area contributed by atoms with E-state index in [2.05, 4.69) is 69.3 Å². The lowest BCUT2D eigenvalue weighted by atomic mass is 9.87. The Labute approximate surface area is 118 Å². The minimum absolute atomic E-state index is 0.0448. The summed E-state index contributed by atoms with van der Waals surface area (Å²) in [4.78, 5) is 2.26. The molecule has 0 radical (unpaired) electrons. The molecular weight excluding hydrogens is 236 g/mol. The van der Waals surface area contributed by atoms with E-state index >= 15 is 0 Å². The summed E-state index contributed by atoms with van der Waals surface area (Å²) in [6.07, 6.45) is 0. The number of hydrogen-bond donors (Lipinski definition) is 1. The predicted molar refractivity (Wildman–Crippen MR) is 81.8 cm³/mol. The molecule has 1 aromatic carbocycles. The van der Waals surface area contributed by atoms with Crippen molar-refractivity contribution in [2.75, 3.05) is 27.2 Å². The van der Waals surface area contributed by atoms with E-state index in [1.54, 1.807) is 0 Å². The zero-order valence-electron chi connectivity index (χ0n) is 13.2. The fourth-order valence-electron chi connectivity index (χ4n) is 2.16. The molecule has 19 heavy (non-hydrogen) atoms. The van der Waals surface area contributed by atoms with E-state index in [0.29, 0.717) is 12.6 Å². The van der Waals surface area contributed by atoms with Crippen LogP contribution in [0.5, 0.6) is 5.75 Å². The molecule has 1 rings (SSSR count). The number of rotatable bonds is 7. The molecular formula is C16H28N2O. The Morgan fingerprint density at radius 2 is 1.74 bits per heavy atom. The van der Waals surface area contributed by atoms with Gasteiger partial charge in [-0.3, -0.25) is 0 Å². The lowest BCUT2D eigenvalue weighted by Gasteiger charge is -2.41. The van der Waals surface area contributed by atoms with Gasteiger partial charge in [-0.25, -0.2) is 0 Å². The molecule has 0 bridgehead atoms. The van der Waals surface area contributed by atoms with Gasteiger partial charge >= 0.3 is 0 Å². The van der Waals surface area contributed by atoms with Crippen molar-refractivity contribution in [3.05, 3.63) is 29.8 Å². The minimum atomic E-state index is 0.0448. The van der Waals surface area contributed by atoms with Gasteiger partial charge in [-0.05, 0) is 59.1 Å². The Hall–Kier alpha value is -1.06. The van der Waals surface area contributed by atoms with Gasteiger partial charge in [-0.1, -0.05) is 19.1 Å². The van der Waals surface area contributed by atoms with Gasteiger partial charge in [0.15, 0.2) is 0 Å². The number of nitrogens with zero attached hydrogens (tertiary/aromatic N) is 1. The van der Waals surface area contributed by atoms with Crippen LogP contribution >= 0.6 is 0 Å². The van der Waals surface area contributed by atoms with Crippen LogP contribution < -0.4 is 10.1 Å². The molecule has 108 valence electrons. The van der Waals surface area contributed by atoms with Crippen molar-refractivity contribution in [2.45, 2.75) is 39.3 Å². The average molecular weight is 264 g/mol. The quantitative estimate of drug-likeness (QED) is 0.819. The Kier molecular flexibility index (Phi) is 5.83. The second-order valence-corrected chi connectivity index (χ2v) is 5.54. The molecule has 3 heteroatoms. The molecule has 1 N–H and O–H groups in total. The normalized spacial score (nSPS) is 13.6. The van der Waals surface area contributed by atoms with E-state index in [9.17, 15) is 0 Å². The monoisotopic (exact) mass is 264 g/mol. The van der Waals surface area contributed by atoms with Crippen LogP contribution in [0, 0.1) is 0 Å². The van der Waals surface area contributed by atoms with Gasteiger partial charge in [0, 0.05) is 5.54 Å². The molecule has 0 aromatic heterocycles. The topological polar surface area (TPSA) is 24.5 Å². The number of likely N-dealkylation sites (N-methyl/N-ethyl adjacent to an activating group) is 2. The van der Waals surface area contributed by atoms with Crippen molar-refractivity contribution in [2.24, 2.45) is 0 Å². The Balaban J connectivity index is 2.99. The molecule has 0 spiro atoms. The summed E-state index contributed by atoms with van der Waals surface area (Å²) in [6, 6.07) is 8.71. The summed E-state index contributed by atoms with van der Waals surface area (Å²) < 4.78 is 5.50. The first-order valence-corrected chi connectivity index (χ1v) is 7.07. The van der Waals surface area contributed by atoms with Crippen LogP contribution in [0.25, 0.3) is 0 Å². The van der Waals surface area contributed by atoms with Crippen molar-refractivity contribution >= 4 is 0 Å². The molecule has 0 aliphatic carbocycles. The fraction of sp³-hybridized carbons (Fsp3) is 0.625. The molecule has 0 aliphatic rings. The first-order valence-electron chi connectivity index (χ1n) is 7.07. The van der Waals surface area contributed by atoms with E-state index < -0.39 is 0 Å². The molecule has 0 saturated carbocycles. The van der Waals surface area contributed by atoms with Crippen molar-refractivity contribution in [1.29, 1.82) is 0 Å². The maximum atomic E-state index is 5.50. The van der Waals surface area contributed by atoms with Crippen LogP contribution in [0.4, 0.5) is 0 Å². The first-order chi connectivity index (χ1) is 8.93. The summed E-state index contributed by atoms with van der Waals surface area (Å²) >= 11 is 0. The maximum absolute atomic E-state index is 5.50. The van der Waals surface area contributed by atoms with Crippen molar-refractivity contribution < 1.29 is 4.74 Å². The van der Waals surface area contributed by atoms with Crippen LogP contribution in [-0.2, 0) is 0 Å². The highest BCUT2D eigenvalue weighted by Gasteiger charge is 2.32. The third-order valence-electron chi connectivity index (χ3n) is 3.79. The predicted octanol–water partition coefficient (Wildman–Crippen LogP) is 3.08. The van der Waals surface area contributed by atoms with Crippen LogP contribution in [0.2, 0.25) is 0 Å². The van der Waals surface area contributed by atoms with Gasteiger partial charge < -0.3 is 15.0 Å². The van der Waals surface area contributed by atoms with Gasteiger partial charge in [0.05, 0.1) is 12.6 Å². The van der Waals surface area contributed by atoms with Crippen LogP contribution in [0.3, 0.4) is 0 Å². The summed E-state index contributed by atoms with van der Waals surface area (Å²) in [5.74, 6) is 0.934. The van der Waals surface area contributed by atoms with Crippen molar-refractivity contribution in [1.82, 2.24) is 10.2 Å². The zero-order chi connectivity index (χ0) is 14.5. The van der Waals surface area contributed by atoms with Crippen molar-refractivity contribution in [3.63, 3.8) is 0 Å². The highest BCUT2D eigenvalue weighted by Crippen LogP contribution is 2.30. The summed E-state index contributed by atoms with van der Waals surface area (Å²) in [5.41, 5.74) is 1.34. The molecule has 1 atom stereocenters. The highest BCUT2D eigenvalue weighted by atomic mass is 16.5. The van der Waals surface area contributed by atoms with Gasteiger partial charge in [0.1, 0.15) is 5.75 Å². The summed E-state index contributed by atoms with van der Waals surface area (Å²) in [7, 11) is 4.25. The Morgan fingerprint density at radius 3 is 2.16 bits per heavy atom. The average Bonchev–Trinajstić information content (AvgIpc) is 2.37. The van der Waals surface area contributed by atoms with Crippen LogP contribution in [-0.4, -0.2) is 37.7 Å². The van der Waals surface area contributed by atoms with E-state index in [4.69, 9.17) is 4.74 Å². The smallest absolute Gasteiger partial charge is 0.119 e. The van der Waals surface area contributed by atoms with Crippen LogP contribution in [0.1, 0.15) is 39.3 Å². The standard InChI is InChI=1S/C16H28N2O/c1-7-17-15(16(3,4)18(5)6)13-9-11-14(12-10-13)19-8-2/h9-12,15,17H,7-8H2,1-6H3. The molecule has 1 unspecified atom stereocenters. The largest absolute Gasteiger partial charge is 0.494 e. The Bertz CT molecular complexity index is 371. The number of hydrogen-bond acceptors (Lipinski definition) is 3. The lowest BCUT2D eigenvalue weighted by Crippen LogP contribution is -2.49. The SMILES string of the molecule is CCNC(c1ccc(OCC)cc1)C(C)(C)N(C)C. The summed E-state index contributed by atoms with van der Waals surface area (Å²) in [6.45, 7) is 10.3. The van der Waals surface area contributed by atoms with Gasteiger partial charge in [0.25, 0.3) is 0 Å². The van der Waals surface area contributed by atoms with Gasteiger partial charge in [-0.2, -0.15) is 0 Å². The number of ether oxygens (including phenoxy) is 1. The third kappa shape index (κ3) is 3.95. The number of nitrogens with one attached hydrogen (secondary N) is 1. The van der Waals surface area contributed by atoms with E-state index in [1.807, 2.05) is 6.92 Å². The second-order valence-electron chi connectivity index (χ2n) is 5.54. The first kappa shape index (κ1) is 16.0.